The summed E-state index contributed by atoms with van der Waals surface area (Å²) in [6, 6.07) is -0.343. The van der Waals surface area contributed by atoms with E-state index in [1.807, 2.05) is 0 Å². The zero-order chi connectivity index (χ0) is 12.2. The molecule has 0 aromatic carbocycles. The number of carbonyl (C=O) groups is 1. The van der Waals surface area contributed by atoms with Gasteiger partial charge in [-0.1, -0.05) is 33.6 Å². The van der Waals surface area contributed by atoms with Crippen LogP contribution in [0, 0.1) is 11.3 Å². The maximum atomic E-state index is 11.7. The quantitative estimate of drug-likeness (QED) is 0.754. The van der Waals surface area contributed by atoms with Gasteiger partial charge in [0.05, 0.1) is 6.04 Å². The van der Waals surface area contributed by atoms with Crippen molar-refractivity contribution in [2.75, 3.05) is 6.54 Å². The van der Waals surface area contributed by atoms with Crippen LogP contribution in [0.1, 0.15) is 52.9 Å². The predicted octanol–water partition coefficient (Wildman–Crippen LogP) is 2.06. The van der Waals surface area contributed by atoms with Gasteiger partial charge >= 0.3 is 0 Å². The molecule has 0 aromatic rings. The number of nitrogens with two attached hydrogens (primary N) is 1. The van der Waals surface area contributed by atoms with E-state index in [0.29, 0.717) is 11.3 Å². The second kappa shape index (κ2) is 5.67. The summed E-state index contributed by atoms with van der Waals surface area (Å²) in [5.74, 6) is 0.490. The third-order valence-electron chi connectivity index (χ3n) is 3.56. The topological polar surface area (TPSA) is 55.1 Å². The van der Waals surface area contributed by atoms with E-state index in [1.54, 1.807) is 0 Å². The van der Waals surface area contributed by atoms with E-state index < -0.39 is 0 Å². The molecule has 0 bridgehead atoms. The van der Waals surface area contributed by atoms with E-state index in [-0.39, 0.29) is 11.9 Å². The number of nitrogens with one attached hydrogen (secondary N) is 1. The average molecular weight is 226 g/mol. The van der Waals surface area contributed by atoms with Crippen LogP contribution in [0.15, 0.2) is 0 Å². The molecule has 1 aliphatic rings. The highest BCUT2D eigenvalue weighted by molar-refractivity contribution is 5.81. The molecule has 0 aromatic heterocycles. The molecule has 0 saturated heterocycles. The lowest BCUT2D eigenvalue weighted by atomic mass is 9.89. The van der Waals surface area contributed by atoms with Gasteiger partial charge in [-0.2, -0.15) is 0 Å². The second-order valence-corrected chi connectivity index (χ2v) is 5.97. The van der Waals surface area contributed by atoms with E-state index in [0.717, 1.165) is 13.0 Å². The summed E-state index contributed by atoms with van der Waals surface area (Å²) in [7, 11) is 0. The third-order valence-corrected chi connectivity index (χ3v) is 3.56. The van der Waals surface area contributed by atoms with Gasteiger partial charge in [-0.05, 0) is 30.6 Å². The molecule has 3 nitrogen and oxygen atoms in total. The van der Waals surface area contributed by atoms with Gasteiger partial charge in [0.1, 0.15) is 0 Å². The summed E-state index contributed by atoms with van der Waals surface area (Å²) in [5, 5.41) is 3.01. The molecular weight excluding hydrogens is 200 g/mol. The molecular formula is C13H26N2O. The summed E-state index contributed by atoms with van der Waals surface area (Å²) in [6.45, 7) is 7.22. The summed E-state index contributed by atoms with van der Waals surface area (Å²) < 4.78 is 0. The maximum absolute atomic E-state index is 11.7. The molecule has 3 heteroatoms. The summed E-state index contributed by atoms with van der Waals surface area (Å²) in [6.07, 6.45) is 5.82. The fraction of sp³-hybridized carbons (Fsp3) is 0.923. The van der Waals surface area contributed by atoms with Gasteiger partial charge in [0, 0.05) is 6.54 Å². The molecule has 1 atom stereocenters. The van der Waals surface area contributed by atoms with E-state index in [2.05, 4.69) is 26.1 Å². The molecule has 1 unspecified atom stereocenters. The number of hydrogen-bond donors (Lipinski definition) is 2. The Morgan fingerprint density at radius 3 is 2.44 bits per heavy atom. The van der Waals surface area contributed by atoms with Crippen LogP contribution < -0.4 is 11.1 Å². The van der Waals surface area contributed by atoms with Gasteiger partial charge in [-0.3, -0.25) is 4.79 Å². The number of carbonyl (C=O) groups excluding carboxylic acids is 1. The Labute approximate surface area is 99.2 Å². The Balaban J connectivity index is 2.28. The first-order valence-electron chi connectivity index (χ1n) is 6.46. The first-order valence-corrected chi connectivity index (χ1v) is 6.46. The molecule has 1 aliphatic carbocycles. The van der Waals surface area contributed by atoms with Gasteiger partial charge in [0.2, 0.25) is 5.91 Å². The van der Waals surface area contributed by atoms with Crippen molar-refractivity contribution < 1.29 is 4.79 Å². The highest BCUT2D eigenvalue weighted by Gasteiger charge is 2.29. The number of amides is 1. The normalized spacial score (nSPS) is 21.1. The minimum absolute atomic E-state index is 0.0156. The lowest BCUT2D eigenvalue weighted by Crippen LogP contribution is -2.44. The molecule has 1 fully saturated rings. The third kappa shape index (κ3) is 4.12. The lowest BCUT2D eigenvalue weighted by Gasteiger charge is -2.25. The Morgan fingerprint density at radius 2 is 1.94 bits per heavy atom. The van der Waals surface area contributed by atoms with Crippen molar-refractivity contribution in [2.24, 2.45) is 17.1 Å². The van der Waals surface area contributed by atoms with Gasteiger partial charge in [-0.15, -0.1) is 0 Å². The highest BCUT2D eigenvalue weighted by Crippen LogP contribution is 2.36. The number of rotatable bonds is 5. The first-order chi connectivity index (χ1) is 7.43. The lowest BCUT2D eigenvalue weighted by molar-refractivity contribution is -0.123. The van der Waals surface area contributed by atoms with Crippen molar-refractivity contribution in [1.29, 1.82) is 0 Å². The molecule has 0 aliphatic heterocycles. The molecule has 1 rings (SSSR count). The van der Waals surface area contributed by atoms with Crippen LogP contribution >= 0.6 is 0 Å². The molecule has 3 N–H and O–H groups in total. The van der Waals surface area contributed by atoms with Crippen molar-refractivity contribution in [3.05, 3.63) is 0 Å². The Hall–Kier alpha value is -0.570. The summed E-state index contributed by atoms with van der Waals surface area (Å²) in [4.78, 5) is 11.7. The molecule has 94 valence electrons. The molecule has 0 radical (unpaired) electrons. The van der Waals surface area contributed by atoms with Crippen LogP contribution in [-0.2, 0) is 4.79 Å². The molecule has 1 saturated carbocycles. The Bertz CT molecular complexity index is 232. The largest absolute Gasteiger partial charge is 0.354 e. The van der Waals surface area contributed by atoms with Crippen LogP contribution in [0.25, 0.3) is 0 Å². The zero-order valence-electron chi connectivity index (χ0n) is 10.9. The van der Waals surface area contributed by atoms with E-state index in [9.17, 15) is 4.79 Å². The minimum Gasteiger partial charge on any atom is -0.354 e. The Morgan fingerprint density at radius 1 is 1.38 bits per heavy atom. The molecule has 1 amide bonds. The smallest absolute Gasteiger partial charge is 0.236 e. The van der Waals surface area contributed by atoms with Crippen LogP contribution in [0.3, 0.4) is 0 Å². The van der Waals surface area contributed by atoms with Crippen LogP contribution in [0.4, 0.5) is 0 Å². The van der Waals surface area contributed by atoms with Gasteiger partial charge in [-0.25, -0.2) is 0 Å². The van der Waals surface area contributed by atoms with Crippen LogP contribution in [0.5, 0.6) is 0 Å². The standard InChI is InChI=1S/C13H26N2O/c1-10(2)8-11(14)12(16)15-9-13(3)6-4-5-7-13/h10-11H,4-9,14H2,1-3H3,(H,15,16). The second-order valence-electron chi connectivity index (χ2n) is 5.97. The number of hydrogen-bond acceptors (Lipinski definition) is 2. The van der Waals surface area contributed by atoms with Crippen molar-refractivity contribution in [1.82, 2.24) is 5.32 Å². The highest BCUT2D eigenvalue weighted by atomic mass is 16.2. The summed E-state index contributed by atoms with van der Waals surface area (Å²) in [5.41, 5.74) is 6.15. The van der Waals surface area contributed by atoms with Crippen molar-refractivity contribution >= 4 is 5.91 Å². The van der Waals surface area contributed by atoms with E-state index in [1.165, 1.54) is 25.7 Å². The molecule has 16 heavy (non-hydrogen) atoms. The Kier molecular flexibility index (Phi) is 4.78. The van der Waals surface area contributed by atoms with Crippen LogP contribution in [0.2, 0.25) is 0 Å². The van der Waals surface area contributed by atoms with Crippen LogP contribution in [-0.4, -0.2) is 18.5 Å². The van der Waals surface area contributed by atoms with Gasteiger partial charge in [0.25, 0.3) is 0 Å². The SMILES string of the molecule is CC(C)CC(N)C(=O)NCC1(C)CCCC1. The fourth-order valence-electron chi connectivity index (χ4n) is 2.45. The van der Waals surface area contributed by atoms with Crippen molar-refractivity contribution in [2.45, 2.75) is 58.9 Å². The van der Waals surface area contributed by atoms with Crippen molar-refractivity contribution in [3.8, 4) is 0 Å². The molecule has 0 spiro atoms. The fourth-order valence-corrected chi connectivity index (χ4v) is 2.45. The summed E-state index contributed by atoms with van der Waals surface area (Å²) >= 11 is 0. The monoisotopic (exact) mass is 226 g/mol. The molecule has 0 heterocycles. The van der Waals surface area contributed by atoms with Crippen molar-refractivity contribution in [3.63, 3.8) is 0 Å². The van der Waals surface area contributed by atoms with Gasteiger partial charge in [0.15, 0.2) is 0 Å². The zero-order valence-corrected chi connectivity index (χ0v) is 10.9. The first kappa shape index (κ1) is 13.5. The predicted molar refractivity (Wildman–Crippen MR) is 67.0 cm³/mol. The van der Waals surface area contributed by atoms with Gasteiger partial charge < -0.3 is 11.1 Å². The van der Waals surface area contributed by atoms with E-state index >= 15 is 0 Å². The minimum atomic E-state index is -0.343. The average Bonchev–Trinajstić information content (AvgIpc) is 2.61. The maximum Gasteiger partial charge on any atom is 0.236 e. The van der Waals surface area contributed by atoms with E-state index in [4.69, 9.17) is 5.73 Å².